The molecular weight excluding hydrogens is 293 g/mol. The molecule has 2 heterocycles. The maximum absolute atomic E-state index is 12.1. The zero-order valence-electron chi connectivity index (χ0n) is 9.77. The van der Waals surface area contributed by atoms with Crippen molar-refractivity contribution in [3.63, 3.8) is 0 Å². The van der Waals surface area contributed by atoms with Gasteiger partial charge in [0.25, 0.3) is 0 Å². The number of methoxy groups -OCH3 is 1. The molecule has 3 aromatic rings. The summed E-state index contributed by atoms with van der Waals surface area (Å²) in [5, 5.41) is 0.664. The van der Waals surface area contributed by atoms with Gasteiger partial charge >= 0.3 is 110 Å². The van der Waals surface area contributed by atoms with E-state index >= 15 is 0 Å². The molecule has 0 atom stereocenters. The minimum atomic E-state index is 0.0289. The summed E-state index contributed by atoms with van der Waals surface area (Å²) in [6.45, 7) is 0. The van der Waals surface area contributed by atoms with Crippen LogP contribution in [0.1, 0.15) is 0 Å². The van der Waals surface area contributed by atoms with Crippen molar-refractivity contribution >= 4 is 25.4 Å². The van der Waals surface area contributed by atoms with E-state index in [2.05, 4.69) is 16.0 Å². The molecule has 4 heteroatoms. The molecule has 3 rings (SSSR count). The van der Waals surface area contributed by atoms with Gasteiger partial charge in [0.15, 0.2) is 0 Å². The number of rotatable bonds is 2. The van der Waals surface area contributed by atoms with E-state index < -0.39 is 0 Å². The van der Waals surface area contributed by atoms with Gasteiger partial charge in [0.05, 0.1) is 0 Å². The van der Waals surface area contributed by atoms with E-state index in [4.69, 9.17) is 4.74 Å². The van der Waals surface area contributed by atoms with Crippen molar-refractivity contribution < 1.29 is 4.74 Å². The number of fused-ring (bicyclic) bond motifs is 1. The predicted molar refractivity (Wildman–Crippen MR) is 73.5 cm³/mol. The Morgan fingerprint density at radius 3 is 2.83 bits per heavy atom. The van der Waals surface area contributed by atoms with Gasteiger partial charge in [-0.2, -0.15) is 0 Å². The average Bonchev–Trinajstić information content (AvgIpc) is 2.92. The Balaban J connectivity index is 2.26. The van der Waals surface area contributed by atoms with Crippen molar-refractivity contribution in [3.05, 3.63) is 51.6 Å². The van der Waals surface area contributed by atoms with Crippen LogP contribution in [-0.4, -0.2) is 26.6 Å². The van der Waals surface area contributed by atoms with Crippen LogP contribution in [0.4, 0.5) is 0 Å². The van der Waals surface area contributed by atoms with Crippen LogP contribution in [0.3, 0.4) is 0 Å². The molecule has 18 heavy (non-hydrogen) atoms. The molecule has 0 aliphatic carbocycles. The Morgan fingerprint density at radius 1 is 1.22 bits per heavy atom. The second-order valence-electron chi connectivity index (χ2n) is 3.94. The predicted octanol–water partition coefficient (Wildman–Crippen LogP) is 2.26. The summed E-state index contributed by atoms with van der Waals surface area (Å²) in [5.74, 6) is 0.701. The standard InChI is InChI=1S/C14H11NO2Se/c1-17-9-4-5-11-10(7-9)13(16)8-12(15-11)14-3-2-6-18-14/h2-8H,1H3,(H,15,16). The Labute approximate surface area is 110 Å². The molecule has 0 radical (unpaired) electrons. The SMILES string of the molecule is COc1ccc2[nH]c(-c3ccc[se]3)cc(=O)c2c1. The summed E-state index contributed by atoms with van der Waals surface area (Å²) < 4.78 is 6.34. The molecule has 0 saturated carbocycles. The molecule has 90 valence electrons. The number of pyridine rings is 1. The topological polar surface area (TPSA) is 42.1 Å². The quantitative estimate of drug-likeness (QED) is 0.738. The third-order valence-corrected chi connectivity index (χ3v) is 4.72. The fourth-order valence-corrected chi connectivity index (χ4v) is 3.38. The molecule has 0 saturated heterocycles. The van der Waals surface area contributed by atoms with Crippen LogP contribution in [0, 0.1) is 0 Å². The summed E-state index contributed by atoms with van der Waals surface area (Å²) >= 11 is 0.323. The number of hydrogen-bond donors (Lipinski definition) is 1. The van der Waals surface area contributed by atoms with Crippen molar-refractivity contribution in [2.75, 3.05) is 7.11 Å². The van der Waals surface area contributed by atoms with E-state index in [1.165, 1.54) is 4.44 Å². The van der Waals surface area contributed by atoms with Gasteiger partial charge in [-0.1, -0.05) is 0 Å². The van der Waals surface area contributed by atoms with Crippen molar-refractivity contribution in [2.45, 2.75) is 0 Å². The fourth-order valence-electron chi connectivity index (χ4n) is 1.92. The van der Waals surface area contributed by atoms with Gasteiger partial charge < -0.3 is 0 Å². The van der Waals surface area contributed by atoms with Gasteiger partial charge in [-0.25, -0.2) is 0 Å². The molecule has 0 spiro atoms. The molecule has 3 nitrogen and oxygen atoms in total. The second kappa shape index (κ2) is 4.48. The molecule has 0 fully saturated rings. The number of nitrogens with one attached hydrogen (secondary N) is 1. The van der Waals surface area contributed by atoms with Crippen LogP contribution >= 0.6 is 0 Å². The Hall–Kier alpha value is -1.77. The minimum absolute atomic E-state index is 0.0289. The molecule has 2 aromatic heterocycles. The summed E-state index contributed by atoms with van der Waals surface area (Å²) in [4.78, 5) is 17.6. The van der Waals surface area contributed by atoms with Crippen LogP contribution in [0.5, 0.6) is 5.75 Å². The number of ether oxygens (including phenoxy) is 1. The van der Waals surface area contributed by atoms with E-state index in [0.717, 1.165) is 11.2 Å². The Bertz CT molecular complexity index is 744. The molecule has 0 bridgehead atoms. The van der Waals surface area contributed by atoms with Gasteiger partial charge in [0, 0.05) is 0 Å². The van der Waals surface area contributed by atoms with Crippen molar-refractivity contribution in [3.8, 4) is 15.9 Å². The zero-order chi connectivity index (χ0) is 12.5. The first-order valence-corrected chi connectivity index (χ1v) is 7.37. The molecule has 0 aliphatic heterocycles. The van der Waals surface area contributed by atoms with E-state index in [1.807, 2.05) is 18.2 Å². The molecule has 0 aliphatic rings. The van der Waals surface area contributed by atoms with Gasteiger partial charge in [0.2, 0.25) is 0 Å². The molecule has 0 unspecified atom stereocenters. The summed E-state index contributed by atoms with van der Waals surface area (Å²) in [7, 11) is 1.60. The number of benzene rings is 1. The third-order valence-electron chi connectivity index (χ3n) is 2.82. The van der Waals surface area contributed by atoms with Crippen LogP contribution < -0.4 is 10.2 Å². The van der Waals surface area contributed by atoms with Gasteiger partial charge in [-0.05, 0) is 0 Å². The van der Waals surface area contributed by atoms with E-state index in [-0.39, 0.29) is 5.43 Å². The summed E-state index contributed by atoms with van der Waals surface area (Å²) in [6.07, 6.45) is 0. The number of H-pyrrole nitrogens is 1. The first kappa shape index (κ1) is 11.3. The zero-order valence-corrected chi connectivity index (χ0v) is 11.5. The van der Waals surface area contributed by atoms with Crippen molar-refractivity contribution in [1.82, 2.24) is 4.98 Å². The summed E-state index contributed by atoms with van der Waals surface area (Å²) in [5.41, 5.74) is 1.80. The van der Waals surface area contributed by atoms with Crippen LogP contribution in [0.15, 0.2) is 46.1 Å². The number of aromatic nitrogens is 1. The van der Waals surface area contributed by atoms with E-state index in [1.54, 1.807) is 19.2 Å². The first-order chi connectivity index (χ1) is 8.78. The third kappa shape index (κ3) is 1.90. The van der Waals surface area contributed by atoms with E-state index in [0.29, 0.717) is 25.6 Å². The van der Waals surface area contributed by atoms with Crippen molar-refractivity contribution in [2.24, 2.45) is 0 Å². The molecular formula is C14H11NO2Se. The van der Waals surface area contributed by atoms with Gasteiger partial charge in [0.1, 0.15) is 0 Å². The average molecular weight is 304 g/mol. The van der Waals surface area contributed by atoms with Crippen LogP contribution in [0.2, 0.25) is 0 Å². The first-order valence-electron chi connectivity index (χ1n) is 5.53. The number of hydrogen-bond acceptors (Lipinski definition) is 2. The van der Waals surface area contributed by atoms with Crippen LogP contribution in [-0.2, 0) is 0 Å². The maximum atomic E-state index is 12.1. The Kier molecular flexibility index (Phi) is 2.82. The molecule has 0 amide bonds. The van der Waals surface area contributed by atoms with Crippen molar-refractivity contribution in [1.29, 1.82) is 0 Å². The van der Waals surface area contributed by atoms with E-state index in [9.17, 15) is 4.79 Å². The normalized spacial score (nSPS) is 10.7. The molecule has 1 aromatic carbocycles. The second-order valence-corrected chi connectivity index (χ2v) is 5.92. The van der Waals surface area contributed by atoms with Gasteiger partial charge in [-0.3, -0.25) is 0 Å². The Morgan fingerprint density at radius 2 is 2.11 bits per heavy atom. The number of aromatic amines is 1. The van der Waals surface area contributed by atoms with Crippen LogP contribution in [0.25, 0.3) is 21.0 Å². The fraction of sp³-hybridized carbons (Fsp3) is 0.0714. The van der Waals surface area contributed by atoms with Gasteiger partial charge in [-0.15, -0.1) is 0 Å². The summed E-state index contributed by atoms with van der Waals surface area (Å²) in [6, 6.07) is 11.3. The molecule has 1 N–H and O–H groups in total. The monoisotopic (exact) mass is 305 g/mol.